The number of aliphatic hydroxyl groups excluding tert-OH is 1. The number of aliphatic hydroxyl groups is 1. The fraction of sp³-hybridized carbons (Fsp3) is 0.600. The molecule has 1 aromatic heterocycles. The molecule has 5 nitrogen and oxygen atoms in total. The van der Waals surface area contributed by atoms with E-state index in [9.17, 15) is 5.11 Å². The van der Waals surface area contributed by atoms with E-state index in [1.165, 1.54) is 0 Å². The molecule has 0 aromatic carbocycles. The van der Waals surface area contributed by atoms with Gasteiger partial charge in [-0.1, -0.05) is 0 Å². The first-order chi connectivity index (χ1) is 7.58. The lowest BCUT2D eigenvalue weighted by Crippen LogP contribution is -2.22. The Morgan fingerprint density at radius 3 is 2.88 bits per heavy atom. The number of aromatic nitrogens is 2. The van der Waals surface area contributed by atoms with E-state index in [-0.39, 0.29) is 11.4 Å². The molecule has 16 heavy (non-hydrogen) atoms. The minimum atomic E-state index is -0.339. The molecule has 0 aliphatic heterocycles. The van der Waals surface area contributed by atoms with Crippen molar-refractivity contribution in [2.45, 2.75) is 25.9 Å². The second-order valence-corrected chi connectivity index (χ2v) is 4.46. The molecule has 1 aliphatic carbocycles. The van der Waals surface area contributed by atoms with Crippen LogP contribution in [0.3, 0.4) is 0 Å². The molecule has 4 N–H and O–H groups in total. The number of hydrogen-bond donors (Lipinski definition) is 3. The lowest BCUT2D eigenvalue weighted by atomic mass is 10.2. The second-order valence-electron chi connectivity index (χ2n) is 4.13. The van der Waals surface area contributed by atoms with Gasteiger partial charge >= 0.3 is 0 Å². The van der Waals surface area contributed by atoms with Gasteiger partial charge in [0.2, 0.25) is 5.28 Å². The predicted octanol–water partition coefficient (Wildman–Crippen LogP) is 1.20. The number of hydrogen-bond acceptors (Lipinski definition) is 5. The highest BCUT2D eigenvalue weighted by atomic mass is 35.5. The van der Waals surface area contributed by atoms with Crippen molar-refractivity contribution < 1.29 is 5.11 Å². The van der Waals surface area contributed by atoms with Gasteiger partial charge in [-0.15, -0.1) is 0 Å². The molecule has 0 saturated heterocycles. The summed E-state index contributed by atoms with van der Waals surface area (Å²) in [6.07, 6.45) is 1.86. The van der Waals surface area contributed by atoms with Crippen LogP contribution in [0, 0.1) is 12.8 Å². The van der Waals surface area contributed by atoms with Crippen molar-refractivity contribution in [1.29, 1.82) is 0 Å². The number of nitrogen functional groups attached to an aromatic ring is 1. The molecule has 1 saturated carbocycles. The average molecular weight is 243 g/mol. The Morgan fingerprint density at radius 2 is 2.25 bits per heavy atom. The van der Waals surface area contributed by atoms with Gasteiger partial charge < -0.3 is 16.2 Å². The minimum absolute atomic E-state index is 0.162. The molecule has 1 atom stereocenters. The van der Waals surface area contributed by atoms with Crippen LogP contribution in [0.15, 0.2) is 0 Å². The first kappa shape index (κ1) is 11.4. The molecule has 1 heterocycles. The molecule has 6 heteroatoms. The minimum Gasteiger partial charge on any atom is -0.394 e. The summed E-state index contributed by atoms with van der Waals surface area (Å²) >= 11 is 5.73. The average Bonchev–Trinajstić information content (AvgIpc) is 3.04. The molecule has 0 amide bonds. The van der Waals surface area contributed by atoms with Crippen LogP contribution in [-0.4, -0.2) is 27.7 Å². The summed E-state index contributed by atoms with van der Waals surface area (Å²) in [5.41, 5.74) is 6.92. The Labute approximate surface area is 99.0 Å². The molecule has 1 aromatic rings. The lowest BCUT2D eigenvalue weighted by molar-refractivity contribution is 0.164. The van der Waals surface area contributed by atoms with Crippen LogP contribution in [0.25, 0.3) is 0 Å². The van der Waals surface area contributed by atoms with Gasteiger partial charge in [0.25, 0.3) is 0 Å². The number of nitrogens with zero attached hydrogens (tertiary/aromatic N) is 2. The van der Waals surface area contributed by atoms with Crippen LogP contribution in [-0.2, 0) is 0 Å². The molecular weight excluding hydrogens is 228 g/mol. The Kier molecular flexibility index (Phi) is 3.16. The number of nitrogens with two attached hydrogens (primary N) is 1. The van der Waals surface area contributed by atoms with E-state index in [0.717, 1.165) is 12.8 Å². The van der Waals surface area contributed by atoms with Crippen LogP contribution in [0.4, 0.5) is 11.5 Å². The SMILES string of the molecule is Cc1nc(Cl)nc(NCC(O)C2CC2)c1N. The van der Waals surface area contributed by atoms with E-state index in [1.807, 2.05) is 0 Å². The summed E-state index contributed by atoms with van der Waals surface area (Å²) in [5, 5.41) is 12.9. The van der Waals surface area contributed by atoms with E-state index < -0.39 is 0 Å². The molecule has 0 radical (unpaired) electrons. The molecule has 0 bridgehead atoms. The third kappa shape index (κ3) is 2.54. The van der Waals surface area contributed by atoms with Crippen molar-refractivity contribution in [3.63, 3.8) is 0 Å². The monoisotopic (exact) mass is 242 g/mol. The molecule has 0 spiro atoms. The molecule has 1 unspecified atom stereocenters. The van der Waals surface area contributed by atoms with Crippen molar-refractivity contribution in [2.75, 3.05) is 17.6 Å². The fourth-order valence-corrected chi connectivity index (χ4v) is 1.74. The summed E-state index contributed by atoms with van der Waals surface area (Å²) in [5.74, 6) is 0.921. The van der Waals surface area contributed by atoms with Crippen molar-refractivity contribution in [2.24, 2.45) is 5.92 Å². The maximum absolute atomic E-state index is 9.70. The van der Waals surface area contributed by atoms with Crippen LogP contribution >= 0.6 is 11.6 Å². The smallest absolute Gasteiger partial charge is 0.224 e. The summed E-state index contributed by atoms with van der Waals surface area (Å²) in [4.78, 5) is 7.93. The summed E-state index contributed by atoms with van der Waals surface area (Å²) < 4.78 is 0. The van der Waals surface area contributed by atoms with E-state index in [2.05, 4.69) is 15.3 Å². The molecule has 2 rings (SSSR count). The van der Waals surface area contributed by atoms with Crippen LogP contribution in [0.2, 0.25) is 5.28 Å². The van der Waals surface area contributed by atoms with Gasteiger partial charge in [0.05, 0.1) is 17.5 Å². The van der Waals surface area contributed by atoms with Gasteiger partial charge in [-0.25, -0.2) is 4.98 Å². The third-order valence-electron chi connectivity index (χ3n) is 2.75. The maximum atomic E-state index is 9.70. The largest absolute Gasteiger partial charge is 0.394 e. The van der Waals surface area contributed by atoms with Gasteiger partial charge in [0.1, 0.15) is 0 Å². The summed E-state index contributed by atoms with van der Waals surface area (Å²) in [7, 11) is 0. The summed E-state index contributed by atoms with van der Waals surface area (Å²) in [6.45, 7) is 2.22. The van der Waals surface area contributed by atoms with Crippen molar-refractivity contribution in [3.8, 4) is 0 Å². The standard InChI is InChI=1S/C10H15ClN4O/c1-5-8(12)9(15-10(11)14-5)13-4-7(16)6-2-3-6/h6-7,16H,2-4,12H2,1H3,(H,13,14,15). The van der Waals surface area contributed by atoms with Crippen LogP contribution in [0.5, 0.6) is 0 Å². The lowest BCUT2D eigenvalue weighted by Gasteiger charge is -2.13. The van der Waals surface area contributed by atoms with Crippen molar-refractivity contribution in [3.05, 3.63) is 11.0 Å². The molecule has 1 fully saturated rings. The Balaban J connectivity index is 2.02. The number of halogens is 1. The highest BCUT2D eigenvalue weighted by Gasteiger charge is 2.29. The fourth-order valence-electron chi connectivity index (χ4n) is 1.53. The van der Waals surface area contributed by atoms with E-state index in [1.54, 1.807) is 6.92 Å². The van der Waals surface area contributed by atoms with Crippen LogP contribution in [0.1, 0.15) is 18.5 Å². The van der Waals surface area contributed by atoms with Crippen molar-refractivity contribution >= 4 is 23.1 Å². The van der Waals surface area contributed by atoms with Gasteiger partial charge in [0.15, 0.2) is 5.82 Å². The van der Waals surface area contributed by atoms with Gasteiger partial charge in [-0.2, -0.15) is 4.98 Å². The number of rotatable bonds is 4. The van der Waals surface area contributed by atoms with Gasteiger partial charge in [0, 0.05) is 6.54 Å². The van der Waals surface area contributed by atoms with E-state index in [0.29, 0.717) is 29.7 Å². The number of nitrogens with one attached hydrogen (secondary N) is 1. The zero-order valence-electron chi connectivity index (χ0n) is 9.07. The normalized spacial score (nSPS) is 17.2. The molecule has 1 aliphatic rings. The number of aryl methyl sites for hydroxylation is 1. The topological polar surface area (TPSA) is 84.1 Å². The quantitative estimate of drug-likeness (QED) is 0.691. The Hall–Kier alpha value is -1.07. The van der Waals surface area contributed by atoms with Gasteiger partial charge in [-0.05, 0) is 37.3 Å². The van der Waals surface area contributed by atoms with E-state index >= 15 is 0 Å². The van der Waals surface area contributed by atoms with E-state index in [4.69, 9.17) is 17.3 Å². The maximum Gasteiger partial charge on any atom is 0.224 e. The molecule has 88 valence electrons. The zero-order chi connectivity index (χ0) is 11.7. The Bertz CT molecular complexity index is 395. The highest BCUT2D eigenvalue weighted by Crippen LogP contribution is 2.32. The Morgan fingerprint density at radius 1 is 1.56 bits per heavy atom. The number of anilines is 2. The molecular formula is C10H15ClN4O. The second kappa shape index (κ2) is 4.43. The zero-order valence-corrected chi connectivity index (χ0v) is 9.83. The predicted molar refractivity (Wildman–Crippen MR) is 63.4 cm³/mol. The summed E-state index contributed by atoms with van der Waals surface area (Å²) in [6, 6.07) is 0. The van der Waals surface area contributed by atoms with Crippen molar-refractivity contribution in [1.82, 2.24) is 9.97 Å². The third-order valence-corrected chi connectivity index (χ3v) is 2.92. The first-order valence-electron chi connectivity index (χ1n) is 5.29. The van der Waals surface area contributed by atoms with Crippen LogP contribution < -0.4 is 11.1 Å². The first-order valence-corrected chi connectivity index (χ1v) is 5.67. The van der Waals surface area contributed by atoms with Gasteiger partial charge in [-0.3, -0.25) is 0 Å². The highest BCUT2D eigenvalue weighted by molar-refractivity contribution is 6.28.